The fourth-order valence-corrected chi connectivity index (χ4v) is 7.40. The fraction of sp³-hybridized carbons (Fsp3) is 0.222. The molecule has 0 saturated heterocycles. The molecular weight excluding hydrogens is 747 g/mol. The van der Waals surface area contributed by atoms with Crippen LogP contribution in [0.2, 0.25) is 0 Å². The van der Waals surface area contributed by atoms with Crippen LogP contribution in [0.4, 0.5) is 11.9 Å². The summed E-state index contributed by atoms with van der Waals surface area (Å²) in [6, 6.07) is 54.9. The quantitative estimate of drug-likeness (QED) is 0.110. The van der Waals surface area contributed by atoms with Crippen LogP contribution in [0.15, 0.2) is 158 Å². The molecule has 0 spiro atoms. The Bertz CT molecular complexity index is 2640. The lowest BCUT2D eigenvalue weighted by molar-refractivity contribution is 0.597. The zero-order chi connectivity index (χ0) is 41.7. The lowest BCUT2D eigenvalue weighted by atomic mass is 9.95. The van der Waals surface area contributed by atoms with Crippen LogP contribution in [0.25, 0.3) is 45.0 Å². The van der Waals surface area contributed by atoms with Gasteiger partial charge in [-0.15, -0.1) is 0 Å². The van der Waals surface area contributed by atoms with Gasteiger partial charge in [0.15, 0.2) is 0 Å². The van der Waals surface area contributed by atoms with E-state index in [9.17, 15) is 0 Å². The lowest BCUT2D eigenvalue weighted by Crippen LogP contribution is -2.29. The van der Waals surface area contributed by atoms with Crippen LogP contribution in [-0.4, -0.2) is 19.5 Å². The standard InChI is InChI=1S/C27H29N3.C26H27N3.CH4.H3N/c1-19-16-17-22(18-20(19)2)25-24(21-12-8-6-9-13-21)28-26(30(25)5)29-27(3,4)23-14-10-7-11-15-23;1-18-15-16-21(17-19(18)2)24-23(20-11-7-5-8-12-20)27-25(28-24)29-26(3,4)22-13-9-6-10-14-22;;/h6-18H,1-5H3,(H,28,29);5-17H,1-4H3,(H2,27,28,29);1H4;1H3. The molecule has 0 saturated carbocycles. The SMILES string of the molecule is C.Cc1ccc(-c2c(-c3ccccc3)nc(NC(C)(C)c3ccccc3)n2C)cc1C.Cc1ccc(-c2nc(NC(C)(C)c3ccccc3)[nH]c2-c2ccccc2)cc1C.N. The molecule has 6 N–H and O–H groups in total. The lowest BCUT2D eigenvalue weighted by Gasteiger charge is -2.27. The second-order valence-corrected chi connectivity index (χ2v) is 16.6. The Kier molecular flexibility index (Phi) is 14.2. The molecule has 61 heavy (non-hydrogen) atoms. The molecule has 0 fully saturated rings. The van der Waals surface area contributed by atoms with Gasteiger partial charge in [0.25, 0.3) is 0 Å². The minimum Gasteiger partial charge on any atom is -0.347 e. The van der Waals surface area contributed by atoms with Crippen molar-refractivity contribution in [2.75, 3.05) is 10.6 Å². The molecule has 2 aromatic heterocycles. The van der Waals surface area contributed by atoms with Crippen molar-refractivity contribution in [1.29, 1.82) is 0 Å². The topological polar surface area (TPSA) is 106 Å². The Morgan fingerprint density at radius 3 is 1.43 bits per heavy atom. The molecule has 0 unspecified atom stereocenters. The second-order valence-electron chi connectivity index (χ2n) is 16.6. The Morgan fingerprint density at radius 1 is 0.475 bits per heavy atom. The van der Waals surface area contributed by atoms with Gasteiger partial charge in [0.2, 0.25) is 11.9 Å². The van der Waals surface area contributed by atoms with Crippen molar-refractivity contribution < 1.29 is 0 Å². The van der Waals surface area contributed by atoms with Crippen molar-refractivity contribution in [3.05, 3.63) is 191 Å². The summed E-state index contributed by atoms with van der Waals surface area (Å²) in [6.07, 6.45) is 0. The predicted molar refractivity (Wildman–Crippen MR) is 260 cm³/mol. The van der Waals surface area contributed by atoms with E-state index >= 15 is 0 Å². The van der Waals surface area contributed by atoms with E-state index in [1.165, 1.54) is 38.9 Å². The smallest absolute Gasteiger partial charge is 0.204 e. The largest absolute Gasteiger partial charge is 0.347 e. The summed E-state index contributed by atoms with van der Waals surface area (Å²) in [6.45, 7) is 17.3. The van der Waals surface area contributed by atoms with Gasteiger partial charge >= 0.3 is 0 Å². The average molecular weight is 810 g/mol. The van der Waals surface area contributed by atoms with Crippen LogP contribution in [0.3, 0.4) is 0 Å². The van der Waals surface area contributed by atoms with Gasteiger partial charge in [-0.3, -0.25) is 0 Å². The van der Waals surface area contributed by atoms with Crippen LogP contribution in [-0.2, 0) is 18.1 Å². The number of aryl methyl sites for hydroxylation is 4. The fourth-order valence-electron chi connectivity index (χ4n) is 7.40. The molecule has 314 valence electrons. The molecule has 8 aromatic rings. The number of hydrogen-bond donors (Lipinski definition) is 4. The summed E-state index contributed by atoms with van der Waals surface area (Å²) in [5.74, 6) is 1.63. The van der Waals surface area contributed by atoms with Gasteiger partial charge in [-0.05, 0) is 101 Å². The van der Waals surface area contributed by atoms with Crippen molar-refractivity contribution in [3.63, 3.8) is 0 Å². The number of anilines is 2. The Morgan fingerprint density at radius 2 is 0.918 bits per heavy atom. The highest BCUT2D eigenvalue weighted by atomic mass is 15.2. The first-order valence-electron chi connectivity index (χ1n) is 20.4. The van der Waals surface area contributed by atoms with Gasteiger partial charge < -0.3 is 26.3 Å². The molecule has 6 aromatic carbocycles. The van der Waals surface area contributed by atoms with Crippen LogP contribution in [0.1, 0.15) is 68.5 Å². The Hall–Kier alpha value is -6.70. The number of nitrogens with zero attached hydrogens (tertiary/aromatic N) is 3. The van der Waals surface area contributed by atoms with Crippen molar-refractivity contribution in [2.24, 2.45) is 7.05 Å². The first-order valence-corrected chi connectivity index (χ1v) is 20.4. The minimum atomic E-state index is -0.256. The average Bonchev–Trinajstić information content (AvgIpc) is 3.81. The maximum atomic E-state index is 5.07. The summed E-state index contributed by atoms with van der Waals surface area (Å²) in [5.41, 5.74) is 15.7. The number of aromatic amines is 1. The highest BCUT2D eigenvalue weighted by Crippen LogP contribution is 2.37. The van der Waals surface area contributed by atoms with Crippen LogP contribution >= 0.6 is 0 Å². The second kappa shape index (κ2) is 19.1. The van der Waals surface area contributed by atoms with Gasteiger partial charge in [-0.2, -0.15) is 0 Å². The highest BCUT2D eigenvalue weighted by molar-refractivity contribution is 5.82. The molecule has 7 nitrogen and oxygen atoms in total. The molecule has 0 amide bonds. The molecule has 8 rings (SSSR count). The van der Waals surface area contributed by atoms with Crippen molar-refractivity contribution in [2.45, 2.75) is 73.9 Å². The summed E-state index contributed by atoms with van der Waals surface area (Å²) in [4.78, 5) is 13.6. The van der Waals surface area contributed by atoms with E-state index in [-0.39, 0.29) is 24.7 Å². The van der Waals surface area contributed by atoms with E-state index < -0.39 is 0 Å². The number of rotatable bonds is 10. The summed E-state index contributed by atoms with van der Waals surface area (Å²) >= 11 is 0. The third-order valence-electron chi connectivity index (χ3n) is 11.3. The first-order chi connectivity index (χ1) is 28.3. The zero-order valence-corrected chi connectivity index (χ0v) is 36.6. The molecule has 7 heteroatoms. The molecule has 0 atom stereocenters. The Labute approximate surface area is 364 Å². The summed E-state index contributed by atoms with van der Waals surface area (Å²) in [7, 11) is 2.09. The number of aromatic nitrogens is 4. The zero-order valence-electron chi connectivity index (χ0n) is 36.6. The predicted octanol–water partition coefficient (Wildman–Crippen LogP) is 14.2. The summed E-state index contributed by atoms with van der Waals surface area (Å²) < 4.78 is 2.18. The van der Waals surface area contributed by atoms with E-state index in [0.29, 0.717) is 0 Å². The number of H-pyrrole nitrogens is 1. The normalized spacial score (nSPS) is 11.1. The maximum absolute atomic E-state index is 5.07. The van der Waals surface area contributed by atoms with E-state index in [2.05, 4.69) is 216 Å². The van der Waals surface area contributed by atoms with Gasteiger partial charge in [0.05, 0.1) is 33.9 Å². The van der Waals surface area contributed by atoms with Crippen LogP contribution in [0, 0.1) is 27.7 Å². The first kappa shape index (κ1) is 45.4. The monoisotopic (exact) mass is 810 g/mol. The molecular formula is C54H63N7. The van der Waals surface area contributed by atoms with Crippen molar-refractivity contribution in [3.8, 4) is 45.0 Å². The van der Waals surface area contributed by atoms with Gasteiger partial charge in [0, 0.05) is 29.3 Å². The third-order valence-corrected chi connectivity index (χ3v) is 11.3. The van der Waals surface area contributed by atoms with Crippen LogP contribution < -0.4 is 16.8 Å². The molecule has 0 aliphatic carbocycles. The number of benzene rings is 6. The Balaban J connectivity index is 0.000000224. The van der Waals surface area contributed by atoms with Gasteiger partial charge in [-0.1, -0.05) is 153 Å². The molecule has 0 aliphatic rings. The van der Waals surface area contributed by atoms with E-state index in [0.717, 1.165) is 51.4 Å². The van der Waals surface area contributed by atoms with Gasteiger partial charge in [0.1, 0.15) is 0 Å². The van der Waals surface area contributed by atoms with E-state index in [4.69, 9.17) is 9.97 Å². The molecule has 0 bridgehead atoms. The van der Waals surface area contributed by atoms with Crippen LogP contribution in [0.5, 0.6) is 0 Å². The van der Waals surface area contributed by atoms with E-state index in [1.807, 2.05) is 24.3 Å². The number of nitrogens with one attached hydrogen (secondary N) is 3. The van der Waals surface area contributed by atoms with Crippen molar-refractivity contribution in [1.82, 2.24) is 25.7 Å². The number of imidazole rings is 2. The van der Waals surface area contributed by atoms with Gasteiger partial charge in [-0.25, -0.2) is 9.97 Å². The van der Waals surface area contributed by atoms with E-state index in [1.54, 1.807) is 0 Å². The number of hydrogen-bond acceptors (Lipinski definition) is 5. The summed E-state index contributed by atoms with van der Waals surface area (Å²) in [5, 5.41) is 7.28. The van der Waals surface area contributed by atoms with Crippen molar-refractivity contribution >= 4 is 11.9 Å². The highest BCUT2D eigenvalue weighted by Gasteiger charge is 2.26. The molecule has 0 aliphatic heterocycles. The minimum absolute atomic E-state index is 0. The molecule has 2 heterocycles. The maximum Gasteiger partial charge on any atom is 0.204 e. The molecule has 0 radical (unpaired) electrons. The third kappa shape index (κ3) is 10.2.